The Balaban J connectivity index is 2.99. The quantitative estimate of drug-likeness (QED) is 0.809. The zero-order valence-corrected chi connectivity index (χ0v) is 11.9. The molecule has 1 rings (SSSR count). The summed E-state index contributed by atoms with van der Waals surface area (Å²) in [5.41, 5.74) is 1.12. The van der Waals surface area contributed by atoms with Gasteiger partial charge in [-0.15, -0.1) is 0 Å². The number of anilines is 2. The second-order valence-corrected chi connectivity index (χ2v) is 4.92. The highest BCUT2D eigenvalue weighted by atomic mass is 16.3. The minimum atomic E-state index is -0.291. The van der Waals surface area contributed by atoms with Gasteiger partial charge >= 0.3 is 0 Å². The average Bonchev–Trinajstić information content (AvgIpc) is 2.34. The van der Waals surface area contributed by atoms with Crippen LogP contribution < -0.4 is 10.2 Å². The molecule has 0 aromatic carbocycles. The van der Waals surface area contributed by atoms with Crippen molar-refractivity contribution >= 4 is 11.6 Å². The number of nitrogens with one attached hydrogen (secondary N) is 1. The number of nitrogens with zero attached hydrogens (tertiary/aromatic N) is 3. The van der Waals surface area contributed by atoms with Crippen molar-refractivity contribution in [2.45, 2.75) is 39.2 Å². The third kappa shape index (κ3) is 3.57. The molecule has 5 heteroatoms. The van der Waals surface area contributed by atoms with Crippen LogP contribution in [0.1, 0.15) is 38.7 Å². The SMILES string of the molecule is CNc1ncnc(N(C)CCC(C)O)c1C(C)C. The molecule has 5 nitrogen and oxygen atoms in total. The van der Waals surface area contributed by atoms with E-state index < -0.39 is 0 Å². The standard InChI is InChI=1S/C13H24N4O/c1-9(2)11-12(14-4)15-8-16-13(11)17(5)7-6-10(3)18/h8-10,18H,6-7H2,1-5H3,(H,14,15,16). The maximum atomic E-state index is 9.36. The van der Waals surface area contributed by atoms with Crippen LogP contribution in [0.3, 0.4) is 0 Å². The first-order valence-corrected chi connectivity index (χ1v) is 6.39. The lowest BCUT2D eigenvalue weighted by Crippen LogP contribution is -2.25. The number of hydrogen-bond donors (Lipinski definition) is 2. The van der Waals surface area contributed by atoms with E-state index in [1.807, 2.05) is 14.1 Å². The van der Waals surface area contributed by atoms with E-state index in [4.69, 9.17) is 0 Å². The van der Waals surface area contributed by atoms with Gasteiger partial charge in [-0.25, -0.2) is 9.97 Å². The smallest absolute Gasteiger partial charge is 0.137 e. The van der Waals surface area contributed by atoms with Crippen LogP contribution in [0.25, 0.3) is 0 Å². The lowest BCUT2D eigenvalue weighted by Gasteiger charge is -2.24. The number of hydrogen-bond acceptors (Lipinski definition) is 5. The van der Waals surface area contributed by atoms with Crippen molar-refractivity contribution in [2.75, 3.05) is 30.9 Å². The van der Waals surface area contributed by atoms with Crippen molar-refractivity contribution in [1.82, 2.24) is 9.97 Å². The van der Waals surface area contributed by atoms with E-state index in [1.54, 1.807) is 13.3 Å². The minimum Gasteiger partial charge on any atom is -0.393 e. The summed E-state index contributed by atoms with van der Waals surface area (Å²) in [5.74, 6) is 2.15. The van der Waals surface area contributed by atoms with Gasteiger partial charge in [0.1, 0.15) is 18.0 Å². The number of aliphatic hydroxyl groups is 1. The van der Waals surface area contributed by atoms with Crippen molar-refractivity contribution in [3.63, 3.8) is 0 Å². The van der Waals surface area contributed by atoms with Gasteiger partial charge < -0.3 is 15.3 Å². The Morgan fingerprint density at radius 1 is 1.33 bits per heavy atom. The predicted octanol–water partition coefficient (Wildman–Crippen LogP) is 1.85. The average molecular weight is 252 g/mol. The summed E-state index contributed by atoms with van der Waals surface area (Å²) < 4.78 is 0. The fourth-order valence-corrected chi connectivity index (χ4v) is 1.91. The molecule has 18 heavy (non-hydrogen) atoms. The zero-order chi connectivity index (χ0) is 13.7. The zero-order valence-electron chi connectivity index (χ0n) is 11.9. The summed E-state index contributed by atoms with van der Waals surface area (Å²) in [6, 6.07) is 0. The molecule has 0 saturated carbocycles. The molecule has 1 heterocycles. The number of rotatable bonds is 6. The van der Waals surface area contributed by atoms with Gasteiger partial charge in [0, 0.05) is 26.2 Å². The lowest BCUT2D eigenvalue weighted by molar-refractivity contribution is 0.187. The van der Waals surface area contributed by atoms with Gasteiger partial charge in [0.05, 0.1) is 6.10 Å². The van der Waals surface area contributed by atoms with Crippen LogP contribution in [0, 0.1) is 0 Å². The fourth-order valence-electron chi connectivity index (χ4n) is 1.91. The van der Waals surface area contributed by atoms with Crippen LogP contribution in [0.2, 0.25) is 0 Å². The molecule has 0 aliphatic carbocycles. The second kappa shape index (κ2) is 6.54. The Morgan fingerprint density at radius 2 is 2.00 bits per heavy atom. The van der Waals surface area contributed by atoms with E-state index in [9.17, 15) is 5.11 Å². The van der Waals surface area contributed by atoms with Gasteiger partial charge in [0.2, 0.25) is 0 Å². The monoisotopic (exact) mass is 252 g/mol. The minimum absolute atomic E-state index is 0.291. The summed E-state index contributed by atoms with van der Waals surface area (Å²) >= 11 is 0. The van der Waals surface area contributed by atoms with Crippen molar-refractivity contribution < 1.29 is 5.11 Å². The van der Waals surface area contributed by atoms with E-state index in [2.05, 4.69) is 34.0 Å². The van der Waals surface area contributed by atoms with Crippen molar-refractivity contribution in [1.29, 1.82) is 0 Å². The number of aromatic nitrogens is 2. The van der Waals surface area contributed by atoms with Gasteiger partial charge in [-0.3, -0.25) is 0 Å². The topological polar surface area (TPSA) is 61.3 Å². The van der Waals surface area contributed by atoms with Crippen molar-refractivity contribution in [3.05, 3.63) is 11.9 Å². The Labute approximate surface area is 109 Å². The Kier molecular flexibility index (Phi) is 5.34. The van der Waals surface area contributed by atoms with Crippen molar-refractivity contribution in [3.8, 4) is 0 Å². The first-order valence-electron chi connectivity index (χ1n) is 6.39. The molecular formula is C13H24N4O. The normalized spacial score (nSPS) is 12.6. The van der Waals surface area contributed by atoms with E-state index in [0.717, 1.165) is 30.2 Å². The Morgan fingerprint density at radius 3 is 2.50 bits per heavy atom. The fraction of sp³-hybridized carbons (Fsp3) is 0.692. The third-order valence-electron chi connectivity index (χ3n) is 2.92. The van der Waals surface area contributed by atoms with Crippen molar-refractivity contribution in [2.24, 2.45) is 0 Å². The molecule has 1 atom stereocenters. The molecule has 0 radical (unpaired) electrons. The maximum absolute atomic E-state index is 9.36. The number of aliphatic hydroxyl groups excluding tert-OH is 1. The molecular weight excluding hydrogens is 228 g/mol. The predicted molar refractivity (Wildman–Crippen MR) is 75.2 cm³/mol. The van der Waals surface area contributed by atoms with Gasteiger partial charge in [-0.1, -0.05) is 13.8 Å². The Hall–Kier alpha value is -1.36. The molecule has 1 aromatic rings. The maximum Gasteiger partial charge on any atom is 0.137 e. The molecule has 0 fully saturated rings. The summed E-state index contributed by atoms with van der Waals surface area (Å²) in [6.45, 7) is 6.84. The summed E-state index contributed by atoms with van der Waals surface area (Å²) in [4.78, 5) is 10.7. The molecule has 0 saturated heterocycles. The second-order valence-electron chi connectivity index (χ2n) is 4.92. The molecule has 0 aliphatic heterocycles. The highest BCUT2D eigenvalue weighted by Gasteiger charge is 2.17. The first kappa shape index (κ1) is 14.7. The van der Waals surface area contributed by atoms with Gasteiger partial charge in [0.15, 0.2) is 0 Å². The molecule has 1 unspecified atom stereocenters. The molecule has 0 aliphatic rings. The largest absolute Gasteiger partial charge is 0.393 e. The summed E-state index contributed by atoms with van der Waals surface area (Å²) in [7, 11) is 3.86. The highest BCUT2D eigenvalue weighted by molar-refractivity contribution is 5.59. The molecule has 0 spiro atoms. The van der Waals surface area contributed by atoms with E-state index in [-0.39, 0.29) is 6.10 Å². The van der Waals surface area contributed by atoms with Gasteiger partial charge in [0.25, 0.3) is 0 Å². The van der Waals surface area contributed by atoms with Crippen LogP contribution >= 0.6 is 0 Å². The van der Waals surface area contributed by atoms with E-state index in [0.29, 0.717) is 5.92 Å². The molecule has 0 amide bonds. The molecule has 0 bridgehead atoms. The molecule has 2 N–H and O–H groups in total. The molecule has 102 valence electrons. The Bertz CT molecular complexity index is 379. The molecule has 1 aromatic heterocycles. The van der Waals surface area contributed by atoms with Crippen LogP contribution in [0.4, 0.5) is 11.6 Å². The summed E-state index contributed by atoms with van der Waals surface area (Å²) in [6.07, 6.45) is 2.01. The van der Waals surface area contributed by atoms with Crippen LogP contribution in [0.5, 0.6) is 0 Å². The highest BCUT2D eigenvalue weighted by Crippen LogP contribution is 2.29. The van der Waals surface area contributed by atoms with Gasteiger partial charge in [-0.05, 0) is 19.3 Å². The van der Waals surface area contributed by atoms with Crippen LogP contribution in [-0.4, -0.2) is 41.8 Å². The van der Waals surface area contributed by atoms with E-state index in [1.165, 1.54) is 0 Å². The van der Waals surface area contributed by atoms with E-state index >= 15 is 0 Å². The first-order chi connectivity index (χ1) is 8.47. The summed E-state index contributed by atoms with van der Waals surface area (Å²) in [5, 5.41) is 12.5. The van der Waals surface area contributed by atoms with Crippen LogP contribution in [0.15, 0.2) is 6.33 Å². The lowest BCUT2D eigenvalue weighted by atomic mass is 10.0. The van der Waals surface area contributed by atoms with Gasteiger partial charge in [-0.2, -0.15) is 0 Å². The van der Waals surface area contributed by atoms with Crippen LogP contribution in [-0.2, 0) is 0 Å². The third-order valence-corrected chi connectivity index (χ3v) is 2.92.